The predicted molar refractivity (Wildman–Crippen MR) is 63.0 cm³/mol. The minimum Gasteiger partial charge on any atom is -0.388 e. The van der Waals surface area contributed by atoms with Crippen LogP contribution in [0.2, 0.25) is 0 Å². The van der Waals surface area contributed by atoms with E-state index < -0.39 is 6.10 Å². The highest BCUT2D eigenvalue weighted by Gasteiger charge is 2.08. The minimum atomic E-state index is -0.391. The summed E-state index contributed by atoms with van der Waals surface area (Å²) in [5.74, 6) is 0.890. The second-order valence-corrected chi connectivity index (χ2v) is 3.78. The Hall–Kier alpha value is -1.09. The molecular weight excluding hydrogens is 188 g/mol. The molecule has 0 saturated carbocycles. The molecule has 0 bridgehead atoms. The molecule has 1 unspecified atom stereocenters. The molecule has 15 heavy (non-hydrogen) atoms. The van der Waals surface area contributed by atoms with Crippen LogP contribution in [0.5, 0.6) is 0 Å². The van der Waals surface area contributed by atoms with E-state index in [1.165, 1.54) is 0 Å². The Morgan fingerprint density at radius 1 is 1.47 bits per heavy atom. The van der Waals surface area contributed by atoms with Gasteiger partial charge in [-0.05, 0) is 31.4 Å². The van der Waals surface area contributed by atoms with E-state index in [0.717, 1.165) is 36.3 Å². The monoisotopic (exact) mass is 208 g/mol. The van der Waals surface area contributed by atoms with Gasteiger partial charge in [-0.25, -0.2) is 4.98 Å². The van der Waals surface area contributed by atoms with Crippen molar-refractivity contribution in [1.82, 2.24) is 4.98 Å². The predicted octanol–water partition coefficient (Wildman–Crippen LogP) is 2.66. The summed E-state index contributed by atoms with van der Waals surface area (Å²) >= 11 is 0. The highest BCUT2D eigenvalue weighted by Crippen LogP contribution is 2.21. The number of nitrogens with one attached hydrogen (secondary N) is 1. The lowest BCUT2D eigenvalue weighted by molar-refractivity contribution is 0.172. The lowest BCUT2D eigenvalue weighted by Gasteiger charge is -2.12. The molecule has 2 N–H and O–H groups in total. The van der Waals surface area contributed by atoms with E-state index in [4.69, 9.17) is 0 Å². The molecule has 0 fully saturated rings. The first-order valence-corrected chi connectivity index (χ1v) is 5.57. The Morgan fingerprint density at radius 2 is 2.20 bits per heavy atom. The van der Waals surface area contributed by atoms with E-state index in [2.05, 4.69) is 17.2 Å². The van der Waals surface area contributed by atoms with Gasteiger partial charge in [0.15, 0.2) is 0 Å². The Morgan fingerprint density at radius 3 is 2.73 bits per heavy atom. The molecule has 0 aromatic carbocycles. The molecule has 1 heterocycles. The van der Waals surface area contributed by atoms with Crippen molar-refractivity contribution in [3.63, 3.8) is 0 Å². The standard InChI is InChI=1S/C12H20N2O/c1-4-6-13-12-7-9(3)10(8-14-12)11(15)5-2/h7-8,11,15H,4-6H2,1-3H3,(H,13,14). The van der Waals surface area contributed by atoms with Crippen molar-refractivity contribution in [3.8, 4) is 0 Å². The lowest BCUT2D eigenvalue weighted by atomic mass is 10.0. The lowest BCUT2D eigenvalue weighted by Crippen LogP contribution is -2.05. The number of aliphatic hydroxyl groups is 1. The zero-order valence-electron chi connectivity index (χ0n) is 9.75. The minimum absolute atomic E-state index is 0.391. The van der Waals surface area contributed by atoms with E-state index in [1.807, 2.05) is 19.9 Å². The maximum absolute atomic E-state index is 9.72. The fourth-order valence-corrected chi connectivity index (χ4v) is 1.49. The van der Waals surface area contributed by atoms with Crippen molar-refractivity contribution in [2.45, 2.75) is 39.7 Å². The van der Waals surface area contributed by atoms with Crippen molar-refractivity contribution in [2.75, 3.05) is 11.9 Å². The maximum atomic E-state index is 9.72. The van der Waals surface area contributed by atoms with Crippen LogP contribution < -0.4 is 5.32 Å². The van der Waals surface area contributed by atoms with Crippen LogP contribution >= 0.6 is 0 Å². The molecular formula is C12H20N2O. The van der Waals surface area contributed by atoms with Crippen LogP contribution in [0.1, 0.15) is 43.9 Å². The molecule has 1 atom stereocenters. The SMILES string of the molecule is CCCNc1cc(C)c(C(O)CC)cn1. The summed E-state index contributed by atoms with van der Waals surface area (Å²) in [6.45, 7) is 7.03. The van der Waals surface area contributed by atoms with Gasteiger partial charge in [-0.2, -0.15) is 0 Å². The zero-order chi connectivity index (χ0) is 11.3. The second kappa shape index (κ2) is 5.71. The molecule has 1 rings (SSSR count). The van der Waals surface area contributed by atoms with Crippen LogP contribution in [0.3, 0.4) is 0 Å². The molecule has 0 saturated heterocycles. The number of hydrogen-bond acceptors (Lipinski definition) is 3. The van der Waals surface area contributed by atoms with Gasteiger partial charge in [0.05, 0.1) is 6.10 Å². The van der Waals surface area contributed by atoms with E-state index in [0.29, 0.717) is 0 Å². The van der Waals surface area contributed by atoms with Crippen LogP contribution in [0, 0.1) is 6.92 Å². The van der Waals surface area contributed by atoms with E-state index in [-0.39, 0.29) is 0 Å². The van der Waals surface area contributed by atoms with Crippen LogP contribution in [0.25, 0.3) is 0 Å². The average molecular weight is 208 g/mol. The van der Waals surface area contributed by atoms with Gasteiger partial charge in [-0.3, -0.25) is 0 Å². The van der Waals surface area contributed by atoms with E-state index in [1.54, 1.807) is 6.20 Å². The van der Waals surface area contributed by atoms with Crippen molar-refractivity contribution in [1.29, 1.82) is 0 Å². The quantitative estimate of drug-likeness (QED) is 0.782. The fraction of sp³-hybridized carbons (Fsp3) is 0.583. The van der Waals surface area contributed by atoms with Gasteiger partial charge < -0.3 is 10.4 Å². The molecule has 3 heteroatoms. The second-order valence-electron chi connectivity index (χ2n) is 3.78. The van der Waals surface area contributed by atoms with E-state index >= 15 is 0 Å². The van der Waals surface area contributed by atoms with Crippen LogP contribution in [-0.4, -0.2) is 16.6 Å². The van der Waals surface area contributed by atoms with Crippen LogP contribution in [-0.2, 0) is 0 Å². The third-order valence-corrected chi connectivity index (χ3v) is 2.45. The van der Waals surface area contributed by atoms with Gasteiger partial charge in [0.25, 0.3) is 0 Å². The molecule has 0 aliphatic rings. The summed E-state index contributed by atoms with van der Waals surface area (Å²) in [6, 6.07) is 1.99. The number of nitrogens with zero attached hydrogens (tertiary/aromatic N) is 1. The third-order valence-electron chi connectivity index (χ3n) is 2.45. The summed E-state index contributed by atoms with van der Waals surface area (Å²) in [7, 11) is 0. The molecule has 0 aliphatic carbocycles. The molecule has 0 spiro atoms. The number of anilines is 1. The molecule has 0 radical (unpaired) electrons. The first kappa shape index (κ1) is 12.0. The largest absolute Gasteiger partial charge is 0.388 e. The van der Waals surface area contributed by atoms with Gasteiger partial charge in [0.2, 0.25) is 0 Å². The molecule has 0 amide bonds. The van der Waals surface area contributed by atoms with Crippen LogP contribution in [0.4, 0.5) is 5.82 Å². The number of hydrogen-bond donors (Lipinski definition) is 2. The Kier molecular flexibility index (Phi) is 4.56. The Balaban J connectivity index is 2.78. The molecule has 84 valence electrons. The van der Waals surface area contributed by atoms with Gasteiger partial charge in [0.1, 0.15) is 5.82 Å². The highest BCUT2D eigenvalue weighted by molar-refractivity contribution is 5.41. The highest BCUT2D eigenvalue weighted by atomic mass is 16.3. The average Bonchev–Trinajstić information content (AvgIpc) is 2.25. The topological polar surface area (TPSA) is 45.1 Å². The molecule has 0 aliphatic heterocycles. The number of pyridine rings is 1. The van der Waals surface area contributed by atoms with Crippen molar-refractivity contribution in [2.24, 2.45) is 0 Å². The number of aryl methyl sites for hydroxylation is 1. The zero-order valence-corrected chi connectivity index (χ0v) is 9.75. The summed E-state index contributed by atoms with van der Waals surface area (Å²) in [5.41, 5.74) is 2.03. The Bertz CT molecular complexity index is 312. The normalized spacial score (nSPS) is 12.5. The summed E-state index contributed by atoms with van der Waals surface area (Å²) < 4.78 is 0. The van der Waals surface area contributed by atoms with Crippen molar-refractivity contribution in [3.05, 3.63) is 23.4 Å². The van der Waals surface area contributed by atoms with Gasteiger partial charge in [-0.1, -0.05) is 13.8 Å². The van der Waals surface area contributed by atoms with Gasteiger partial charge in [-0.15, -0.1) is 0 Å². The van der Waals surface area contributed by atoms with Gasteiger partial charge >= 0.3 is 0 Å². The van der Waals surface area contributed by atoms with E-state index in [9.17, 15) is 5.11 Å². The first-order valence-electron chi connectivity index (χ1n) is 5.57. The maximum Gasteiger partial charge on any atom is 0.126 e. The Labute approximate surface area is 91.5 Å². The summed E-state index contributed by atoms with van der Waals surface area (Å²) in [5, 5.41) is 12.9. The molecule has 1 aromatic heterocycles. The number of rotatable bonds is 5. The first-order chi connectivity index (χ1) is 7.19. The summed E-state index contributed by atoms with van der Waals surface area (Å²) in [6.07, 6.45) is 3.18. The fourth-order valence-electron chi connectivity index (χ4n) is 1.49. The number of aliphatic hydroxyl groups excluding tert-OH is 1. The van der Waals surface area contributed by atoms with Crippen LogP contribution in [0.15, 0.2) is 12.3 Å². The van der Waals surface area contributed by atoms with Gasteiger partial charge in [0, 0.05) is 18.3 Å². The van der Waals surface area contributed by atoms with Crippen molar-refractivity contribution >= 4 is 5.82 Å². The molecule has 3 nitrogen and oxygen atoms in total. The smallest absolute Gasteiger partial charge is 0.126 e. The number of aromatic nitrogens is 1. The van der Waals surface area contributed by atoms with Crippen molar-refractivity contribution < 1.29 is 5.11 Å². The molecule has 1 aromatic rings. The summed E-state index contributed by atoms with van der Waals surface area (Å²) in [4.78, 5) is 4.27. The third kappa shape index (κ3) is 3.20.